The summed E-state index contributed by atoms with van der Waals surface area (Å²) in [5, 5.41) is 10.9. The van der Waals surface area contributed by atoms with Gasteiger partial charge in [0.2, 0.25) is 0 Å². The van der Waals surface area contributed by atoms with Crippen LogP contribution in [0, 0.1) is 11.3 Å². The van der Waals surface area contributed by atoms with E-state index in [4.69, 9.17) is 21.6 Å². The molecule has 5 nitrogen and oxygen atoms in total. The minimum absolute atomic E-state index is 0.299. The number of halogens is 1. The molecule has 1 aliphatic rings. The van der Waals surface area contributed by atoms with Gasteiger partial charge in [0, 0.05) is 28.2 Å². The fraction of sp³-hybridized carbons (Fsp3) is 0.273. The van der Waals surface area contributed by atoms with Crippen molar-refractivity contribution in [2.45, 2.75) is 25.8 Å². The first kappa shape index (κ1) is 18.4. The van der Waals surface area contributed by atoms with E-state index in [1.54, 1.807) is 17.0 Å². The Morgan fingerprint density at radius 1 is 1.32 bits per heavy atom. The van der Waals surface area contributed by atoms with Crippen LogP contribution in [0.4, 0.5) is 4.79 Å². The van der Waals surface area contributed by atoms with Crippen molar-refractivity contribution in [2.75, 3.05) is 13.2 Å². The van der Waals surface area contributed by atoms with Crippen molar-refractivity contribution in [1.29, 1.82) is 5.26 Å². The third kappa shape index (κ3) is 3.21. The van der Waals surface area contributed by atoms with E-state index >= 15 is 0 Å². The lowest BCUT2D eigenvalue weighted by molar-refractivity contribution is 0.0889. The molecule has 3 aromatic rings. The van der Waals surface area contributed by atoms with Crippen LogP contribution in [0.3, 0.4) is 0 Å². The Morgan fingerprint density at radius 3 is 2.82 bits per heavy atom. The average molecular weight is 394 g/mol. The molecule has 2 heterocycles. The molecule has 1 aromatic heterocycles. The number of hydrogen-bond donors (Lipinski definition) is 1. The summed E-state index contributed by atoms with van der Waals surface area (Å²) in [6.45, 7) is 2.92. The molecule has 1 amide bonds. The Labute approximate surface area is 168 Å². The number of hydrogen-bond acceptors (Lipinski definition) is 3. The van der Waals surface area contributed by atoms with Gasteiger partial charge in [-0.1, -0.05) is 30.7 Å². The highest BCUT2D eigenvalue weighted by Crippen LogP contribution is 2.39. The van der Waals surface area contributed by atoms with Crippen LogP contribution in [0.2, 0.25) is 5.02 Å². The van der Waals surface area contributed by atoms with Gasteiger partial charge in [-0.2, -0.15) is 5.26 Å². The smallest absolute Gasteiger partial charge is 0.410 e. The number of aromatic amines is 1. The Balaban J connectivity index is 1.83. The standard InChI is InChI=1S/C22H20ClN3O2/c1-2-11-28-22(27)26-10-9-17-18-12-16(23)7-8-19(18)25-20(17)21(26)15-5-3-14(13-24)4-6-15/h3-8,12,21,25H,2,9-11H2,1H3. The van der Waals surface area contributed by atoms with Gasteiger partial charge in [0.05, 0.1) is 18.2 Å². The first-order valence-electron chi connectivity index (χ1n) is 9.35. The van der Waals surface area contributed by atoms with Crippen LogP contribution >= 0.6 is 11.6 Å². The Bertz CT molecular complexity index is 1070. The second-order valence-corrected chi connectivity index (χ2v) is 7.34. The fourth-order valence-corrected chi connectivity index (χ4v) is 3.99. The highest BCUT2D eigenvalue weighted by Gasteiger charge is 2.35. The van der Waals surface area contributed by atoms with E-state index in [2.05, 4.69) is 11.1 Å². The monoisotopic (exact) mass is 393 g/mol. The van der Waals surface area contributed by atoms with E-state index in [1.165, 1.54) is 5.56 Å². The predicted molar refractivity (Wildman–Crippen MR) is 108 cm³/mol. The van der Waals surface area contributed by atoms with Crippen molar-refractivity contribution in [2.24, 2.45) is 0 Å². The second kappa shape index (κ2) is 7.57. The van der Waals surface area contributed by atoms with Crippen molar-refractivity contribution in [3.05, 3.63) is 69.9 Å². The summed E-state index contributed by atoms with van der Waals surface area (Å²) in [6.07, 6.45) is 1.18. The summed E-state index contributed by atoms with van der Waals surface area (Å²) in [7, 11) is 0. The van der Waals surface area contributed by atoms with Gasteiger partial charge < -0.3 is 9.72 Å². The minimum atomic E-state index is -0.321. The molecule has 4 rings (SSSR count). The largest absolute Gasteiger partial charge is 0.449 e. The van der Waals surface area contributed by atoms with Crippen molar-refractivity contribution < 1.29 is 9.53 Å². The molecular weight excluding hydrogens is 374 g/mol. The van der Waals surface area contributed by atoms with Crippen LogP contribution in [-0.4, -0.2) is 29.1 Å². The molecule has 1 aliphatic heterocycles. The molecular formula is C22H20ClN3O2. The highest BCUT2D eigenvalue weighted by molar-refractivity contribution is 6.31. The maximum absolute atomic E-state index is 12.8. The third-order valence-corrected chi connectivity index (χ3v) is 5.34. The van der Waals surface area contributed by atoms with Gasteiger partial charge in [-0.15, -0.1) is 0 Å². The summed E-state index contributed by atoms with van der Waals surface area (Å²) < 4.78 is 5.44. The second-order valence-electron chi connectivity index (χ2n) is 6.90. The summed E-state index contributed by atoms with van der Waals surface area (Å²) in [6, 6.07) is 15.0. The van der Waals surface area contributed by atoms with Crippen LogP contribution in [0.25, 0.3) is 10.9 Å². The van der Waals surface area contributed by atoms with Gasteiger partial charge in [-0.25, -0.2) is 4.79 Å². The molecule has 0 bridgehead atoms. The normalized spacial score (nSPS) is 15.9. The zero-order valence-corrected chi connectivity index (χ0v) is 16.3. The number of ether oxygens (including phenoxy) is 1. The van der Waals surface area contributed by atoms with E-state index in [-0.39, 0.29) is 12.1 Å². The molecule has 0 radical (unpaired) electrons. The SMILES string of the molecule is CCCOC(=O)N1CCc2c([nH]c3ccc(Cl)cc23)C1c1ccc(C#N)cc1. The molecule has 0 saturated heterocycles. The quantitative estimate of drug-likeness (QED) is 0.665. The van der Waals surface area contributed by atoms with E-state index in [1.807, 2.05) is 37.3 Å². The molecule has 2 aromatic carbocycles. The van der Waals surface area contributed by atoms with Crippen molar-refractivity contribution in [3.63, 3.8) is 0 Å². The van der Waals surface area contributed by atoms with Crippen molar-refractivity contribution >= 4 is 28.6 Å². The van der Waals surface area contributed by atoms with E-state index in [9.17, 15) is 4.79 Å². The highest BCUT2D eigenvalue weighted by atomic mass is 35.5. The number of fused-ring (bicyclic) bond motifs is 3. The molecule has 1 unspecified atom stereocenters. The lowest BCUT2D eigenvalue weighted by Crippen LogP contribution is -2.41. The molecule has 1 N–H and O–H groups in total. The van der Waals surface area contributed by atoms with E-state index in [0.717, 1.165) is 35.0 Å². The average Bonchev–Trinajstić information content (AvgIpc) is 3.09. The number of aromatic nitrogens is 1. The number of H-pyrrole nitrogens is 1. The number of nitrogens with zero attached hydrogens (tertiary/aromatic N) is 2. The van der Waals surface area contributed by atoms with Crippen LogP contribution in [0.5, 0.6) is 0 Å². The third-order valence-electron chi connectivity index (χ3n) is 5.11. The van der Waals surface area contributed by atoms with Gasteiger partial charge in [-0.3, -0.25) is 4.90 Å². The zero-order chi connectivity index (χ0) is 19.7. The molecule has 142 valence electrons. The fourth-order valence-electron chi connectivity index (χ4n) is 3.82. The maximum atomic E-state index is 12.8. The summed E-state index contributed by atoms with van der Waals surface area (Å²) in [4.78, 5) is 18.0. The zero-order valence-electron chi connectivity index (χ0n) is 15.5. The van der Waals surface area contributed by atoms with Gasteiger partial charge in [0.25, 0.3) is 0 Å². The number of carbonyl (C=O) groups is 1. The molecule has 0 saturated carbocycles. The Hall–Kier alpha value is -2.97. The first-order chi connectivity index (χ1) is 13.6. The van der Waals surface area contributed by atoms with Crippen molar-refractivity contribution in [1.82, 2.24) is 9.88 Å². The van der Waals surface area contributed by atoms with E-state index in [0.29, 0.717) is 23.7 Å². The summed E-state index contributed by atoms with van der Waals surface area (Å²) in [5.41, 5.74) is 4.67. The van der Waals surface area contributed by atoms with Crippen molar-refractivity contribution in [3.8, 4) is 6.07 Å². The minimum Gasteiger partial charge on any atom is -0.449 e. The summed E-state index contributed by atoms with van der Waals surface area (Å²) in [5.74, 6) is 0. The number of carbonyl (C=O) groups excluding carboxylic acids is 1. The Morgan fingerprint density at radius 2 is 2.11 bits per heavy atom. The molecule has 6 heteroatoms. The van der Waals surface area contributed by atoms with Crippen LogP contribution in [0.1, 0.15) is 41.8 Å². The number of nitriles is 1. The molecule has 28 heavy (non-hydrogen) atoms. The van der Waals surface area contributed by atoms with Gasteiger partial charge in [0.1, 0.15) is 6.04 Å². The predicted octanol–water partition coefficient (Wildman–Crippen LogP) is 5.19. The summed E-state index contributed by atoms with van der Waals surface area (Å²) >= 11 is 6.21. The lowest BCUT2D eigenvalue weighted by Gasteiger charge is -2.35. The molecule has 0 aliphatic carbocycles. The van der Waals surface area contributed by atoms with Gasteiger partial charge >= 0.3 is 6.09 Å². The Kier molecular flexibility index (Phi) is 4.97. The lowest BCUT2D eigenvalue weighted by atomic mass is 9.92. The number of nitrogens with one attached hydrogen (secondary N) is 1. The molecule has 0 fully saturated rings. The van der Waals surface area contributed by atoms with Crippen LogP contribution in [0.15, 0.2) is 42.5 Å². The number of benzene rings is 2. The van der Waals surface area contributed by atoms with Gasteiger partial charge in [-0.05, 0) is 54.3 Å². The number of rotatable bonds is 3. The molecule has 1 atom stereocenters. The molecule has 0 spiro atoms. The van der Waals surface area contributed by atoms with Crippen LogP contribution in [-0.2, 0) is 11.2 Å². The van der Waals surface area contributed by atoms with E-state index < -0.39 is 0 Å². The first-order valence-corrected chi connectivity index (χ1v) is 9.73. The number of amides is 1. The van der Waals surface area contributed by atoms with Gasteiger partial charge in [0.15, 0.2) is 0 Å². The topological polar surface area (TPSA) is 69.1 Å². The maximum Gasteiger partial charge on any atom is 0.410 e. The van der Waals surface area contributed by atoms with Crippen LogP contribution < -0.4 is 0 Å².